The maximum atomic E-state index is 14.9. The average Bonchev–Trinajstić information content (AvgIpc) is 3.22. The molecule has 0 radical (unpaired) electrons. The SMILES string of the molecule is COc1cc(S(C)(=O)=O)ccc1NCC(=O)NNC(=O)c1c(N[C@H]2CCN(C)C[C@@H]2F)c2ccccc2n1CC(F)(F)F. The number of hydrazine groups is 1. The molecular formula is C27H32F4N6O5S. The van der Waals surface area contributed by atoms with Crippen LogP contribution in [0, 0.1) is 0 Å². The van der Waals surface area contributed by atoms with Gasteiger partial charge in [-0.3, -0.25) is 20.4 Å². The highest BCUT2D eigenvalue weighted by Crippen LogP contribution is 2.35. The molecule has 1 aliphatic rings. The lowest BCUT2D eigenvalue weighted by atomic mass is 10.0. The Kier molecular flexibility index (Phi) is 9.39. The van der Waals surface area contributed by atoms with Gasteiger partial charge in [0.25, 0.3) is 11.8 Å². The lowest BCUT2D eigenvalue weighted by molar-refractivity contribution is -0.140. The molecule has 16 heteroatoms. The third-order valence-corrected chi connectivity index (χ3v) is 8.06. The zero-order valence-corrected chi connectivity index (χ0v) is 24.4. The smallest absolute Gasteiger partial charge is 0.406 e. The van der Waals surface area contributed by atoms with Gasteiger partial charge in [0.05, 0.1) is 41.5 Å². The third kappa shape index (κ3) is 7.67. The lowest BCUT2D eigenvalue weighted by Gasteiger charge is -2.33. The Morgan fingerprint density at radius 2 is 1.84 bits per heavy atom. The molecular weight excluding hydrogens is 596 g/mol. The summed E-state index contributed by atoms with van der Waals surface area (Å²) in [5.41, 5.74) is 4.31. The summed E-state index contributed by atoms with van der Waals surface area (Å²) >= 11 is 0. The van der Waals surface area contributed by atoms with Crippen molar-refractivity contribution in [3.05, 3.63) is 48.2 Å². The van der Waals surface area contributed by atoms with Gasteiger partial charge in [0.2, 0.25) is 0 Å². The van der Waals surface area contributed by atoms with Crippen LogP contribution in [0.3, 0.4) is 0 Å². The zero-order chi connectivity index (χ0) is 31.5. The van der Waals surface area contributed by atoms with Gasteiger partial charge in [-0.05, 0) is 31.7 Å². The second-order valence-corrected chi connectivity index (χ2v) is 12.3. The zero-order valence-electron chi connectivity index (χ0n) is 23.6. The molecule has 0 spiro atoms. The number of benzene rings is 2. The van der Waals surface area contributed by atoms with E-state index in [4.69, 9.17) is 4.74 Å². The van der Waals surface area contributed by atoms with E-state index < -0.39 is 58.8 Å². The first kappa shape index (κ1) is 31.9. The van der Waals surface area contributed by atoms with E-state index in [9.17, 15) is 35.6 Å². The number of methoxy groups -OCH3 is 1. The first-order valence-electron chi connectivity index (χ1n) is 13.2. The Bertz CT molecular complexity index is 1610. The van der Waals surface area contributed by atoms with Crippen molar-refractivity contribution < 1.29 is 40.3 Å². The molecule has 0 bridgehead atoms. The largest absolute Gasteiger partial charge is 0.495 e. The molecule has 234 valence electrons. The number of likely N-dealkylation sites (tertiary alicyclic amines) is 1. The van der Waals surface area contributed by atoms with Crippen molar-refractivity contribution in [2.45, 2.75) is 36.3 Å². The van der Waals surface area contributed by atoms with E-state index in [1.807, 2.05) is 0 Å². The van der Waals surface area contributed by atoms with Crippen molar-refractivity contribution in [2.24, 2.45) is 0 Å². The van der Waals surface area contributed by atoms with Crippen molar-refractivity contribution in [3.8, 4) is 5.75 Å². The number of rotatable bonds is 9. The van der Waals surface area contributed by atoms with Crippen LogP contribution in [0.15, 0.2) is 47.4 Å². The summed E-state index contributed by atoms with van der Waals surface area (Å²) in [6, 6.07) is 9.32. The molecule has 0 unspecified atom stereocenters. The van der Waals surface area contributed by atoms with Crippen molar-refractivity contribution in [2.75, 3.05) is 50.7 Å². The number of sulfone groups is 1. The van der Waals surface area contributed by atoms with Crippen molar-refractivity contribution >= 4 is 43.9 Å². The summed E-state index contributed by atoms with van der Waals surface area (Å²) < 4.78 is 85.4. The van der Waals surface area contributed by atoms with Crippen LogP contribution in [-0.2, 0) is 21.2 Å². The fourth-order valence-corrected chi connectivity index (χ4v) is 5.52. The topological polar surface area (TPSA) is 134 Å². The number of fused-ring (bicyclic) bond motifs is 1. The molecule has 2 amide bonds. The number of alkyl halides is 4. The molecule has 0 aliphatic carbocycles. The number of amides is 2. The van der Waals surface area contributed by atoms with E-state index in [1.165, 1.54) is 43.5 Å². The van der Waals surface area contributed by atoms with Crippen LogP contribution in [0.4, 0.5) is 28.9 Å². The predicted octanol–water partition coefficient (Wildman–Crippen LogP) is 2.94. The van der Waals surface area contributed by atoms with Gasteiger partial charge in [-0.15, -0.1) is 0 Å². The molecule has 1 fully saturated rings. The summed E-state index contributed by atoms with van der Waals surface area (Å²) in [4.78, 5) is 27.7. The third-order valence-electron chi connectivity index (χ3n) is 6.95. The first-order valence-corrected chi connectivity index (χ1v) is 15.1. The number of anilines is 2. The number of aromatic nitrogens is 1. The quantitative estimate of drug-likeness (QED) is 0.210. The Morgan fingerprint density at radius 3 is 2.49 bits per heavy atom. The van der Waals surface area contributed by atoms with Gasteiger partial charge < -0.3 is 24.8 Å². The average molecular weight is 629 g/mol. The molecule has 1 aliphatic heterocycles. The van der Waals surface area contributed by atoms with Gasteiger partial charge in [0.15, 0.2) is 9.84 Å². The number of nitrogens with one attached hydrogen (secondary N) is 4. The van der Waals surface area contributed by atoms with Crippen LogP contribution in [-0.4, -0.2) is 88.1 Å². The minimum atomic E-state index is -4.69. The normalized spacial score (nSPS) is 17.8. The van der Waals surface area contributed by atoms with Crippen LogP contribution in [0.1, 0.15) is 16.9 Å². The number of piperidine rings is 1. The van der Waals surface area contributed by atoms with Crippen LogP contribution in [0.2, 0.25) is 0 Å². The van der Waals surface area contributed by atoms with Gasteiger partial charge in [-0.2, -0.15) is 13.2 Å². The fourth-order valence-electron chi connectivity index (χ4n) is 4.89. The molecule has 43 heavy (non-hydrogen) atoms. The van der Waals surface area contributed by atoms with E-state index >= 15 is 0 Å². The number of carbonyl (C=O) groups is 2. The molecule has 2 aromatic carbocycles. The predicted molar refractivity (Wildman–Crippen MR) is 153 cm³/mol. The van der Waals surface area contributed by atoms with Gasteiger partial charge in [0, 0.05) is 30.8 Å². The highest BCUT2D eigenvalue weighted by Gasteiger charge is 2.35. The standard InChI is InChI=1S/C27H32F4N6O5S/c1-36-11-10-19(18(28)14-36)33-24-17-6-4-5-7-21(17)37(15-27(29,30)31)25(24)26(39)35-34-23(38)13-32-20-9-8-16(43(3,40)41)12-22(20)42-2/h4-9,12,18-19,32-33H,10-11,13-15H2,1-3H3,(H,34,38)(H,35,39)/t18-,19-/m0/s1. The molecule has 4 rings (SSSR count). The second kappa shape index (κ2) is 12.7. The van der Waals surface area contributed by atoms with Gasteiger partial charge >= 0.3 is 6.18 Å². The van der Waals surface area contributed by atoms with E-state index in [0.717, 1.165) is 10.8 Å². The molecule has 1 aromatic heterocycles. The Morgan fingerprint density at radius 1 is 1.12 bits per heavy atom. The summed E-state index contributed by atoms with van der Waals surface area (Å²) in [6.45, 7) is -1.25. The van der Waals surface area contributed by atoms with E-state index in [2.05, 4.69) is 21.5 Å². The molecule has 2 heterocycles. The second-order valence-electron chi connectivity index (χ2n) is 10.2. The number of para-hydroxylation sites is 1. The maximum Gasteiger partial charge on any atom is 0.406 e. The van der Waals surface area contributed by atoms with E-state index in [0.29, 0.717) is 18.4 Å². The van der Waals surface area contributed by atoms with Crippen LogP contribution < -0.4 is 26.2 Å². The van der Waals surface area contributed by atoms with Crippen LogP contribution >= 0.6 is 0 Å². The number of hydrogen-bond acceptors (Lipinski definition) is 8. The summed E-state index contributed by atoms with van der Waals surface area (Å²) in [5, 5.41) is 6.02. The maximum absolute atomic E-state index is 14.9. The monoisotopic (exact) mass is 628 g/mol. The van der Waals surface area contributed by atoms with Crippen LogP contribution in [0.5, 0.6) is 5.75 Å². The Hall–Kier alpha value is -4.05. The first-order chi connectivity index (χ1) is 20.2. The van der Waals surface area contributed by atoms with E-state index in [1.54, 1.807) is 18.0 Å². The number of ether oxygens (including phenoxy) is 1. The number of hydrogen-bond donors (Lipinski definition) is 4. The molecule has 1 saturated heterocycles. The number of nitrogens with zero attached hydrogens (tertiary/aromatic N) is 2. The summed E-state index contributed by atoms with van der Waals surface area (Å²) in [6.07, 6.45) is -4.64. The summed E-state index contributed by atoms with van der Waals surface area (Å²) in [5.74, 6) is -1.67. The van der Waals surface area contributed by atoms with Crippen molar-refractivity contribution in [1.29, 1.82) is 0 Å². The Balaban J connectivity index is 1.55. The highest BCUT2D eigenvalue weighted by atomic mass is 32.2. The van der Waals surface area contributed by atoms with Gasteiger partial charge in [0.1, 0.15) is 24.2 Å². The molecule has 11 nitrogen and oxygen atoms in total. The van der Waals surface area contributed by atoms with Crippen LogP contribution in [0.25, 0.3) is 10.9 Å². The molecule has 4 N–H and O–H groups in total. The minimum absolute atomic E-state index is 0.00426. The summed E-state index contributed by atoms with van der Waals surface area (Å²) in [7, 11) is -0.433. The van der Waals surface area contributed by atoms with E-state index in [-0.39, 0.29) is 34.1 Å². The minimum Gasteiger partial charge on any atom is -0.495 e. The molecule has 2 atom stereocenters. The lowest BCUT2D eigenvalue weighted by Crippen LogP contribution is -2.47. The van der Waals surface area contributed by atoms with Crippen molar-refractivity contribution in [1.82, 2.24) is 20.3 Å². The van der Waals surface area contributed by atoms with Gasteiger partial charge in [-0.1, -0.05) is 18.2 Å². The fraction of sp³-hybridized carbons (Fsp3) is 0.407. The van der Waals surface area contributed by atoms with Gasteiger partial charge in [-0.25, -0.2) is 12.8 Å². The molecule has 0 saturated carbocycles. The van der Waals surface area contributed by atoms with Crippen molar-refractivity contribution in [3.63, 3.8) is 0 Å². The number of carbonyl (C=O) groups excluding carboxylic acids is 2. The Labute approximate surface area is 245 Å². The number of halogens is 4. The highest BCUT2D eigenvalue weighted by molar-refractivity contribution is 7.90. The molecule has 3 aromatic rings.